The molecule has 0 aliphatic carbocycles. The van der Waals surface area contributed by atoms with Crippen LogP contribution in [-0.2, 0) is 11.2 Å². The van der Waals surface area contributed by atoms with Gasteiger partial charge >= 0.3 is 0 Å². The highest BCUT2D eigenvalue weighted by atomic mass is 35.5. The number of aryl methyl sites for hydroxylation is 1. The molecule has 5 nitrogen and oxygen atoms in total. The van der Waals surface area contributed by atoms with Gasteiger partial charge in [0.25, 0.3) is 0 Å². The Kier molecular flexibility index (Phi) is 5.81. The number of hydrazone groups is 1. The van der Waals surface area contributed by atoms with Crippen molar-refractivity contribution in [1.82, 2.24) is 10.4 Å². The molecular weight excluding hydrogens is 350 g/mol. The predicted molar refractivity (Wildman–Crippen MR) is 104 cm³/mol. The number of hydrogen-bond donors (Lipinski definition) is 1. The molecule has 0 unspecified atom stereocenters. The van der Waals surface area contributed by atoms with Gasteiger partial charge in [-0.25, -0.2) is 10.4 Å². The van der Waals surface area contributed by atoms with Gasteiger partial charge in [0, 0.05) is 23.4 Å². The van der Waals surface area contributed by atoms with Crippen LogP contribution in [0.5, 0.6) is 5.75 Å². The molecule has 3 rings (SSSR count). The molecule has 3 aromatic rings. The maximum atomic E-state index is 11.9. The Morgan fingerprint density at radius 2 is 2.04 bits per heavy atom. The number of carbonyl (C=O) groups excluding carboxylic acids is 1. The third-order valence-corrected chi connectivity index (χ3v) is 4.18. The number of halogens is 1. The molecule has 0 spiro atoms. The minimum Gasteiger partial charge on any atom is -0.497 e. The van der Waals surface area contributed by atoms with Gasteiger partial charge in [-0.15, -0.1) is 0 Å². The molecule has 0 aliphatic heterocycles. The van der Waals surface area contributed by atoms with Gasteiger partial charge < -0.3 is 4.74 Å². The van der Waals surface area contributed by atoms with Gasteiger partial charge in [0.05, 0.1) is 18.8 Å². The molecule has 1 N–H and O–H groups in total. The largest absolute Gasteiger partial charge is 0.497 e. The van der Waals surface area contributed by atoms with E-state index in [4.69, 9.17) is 16.3 Å². The number of fused-ring (bicyclic) bond motifs is 1. The van der Waals surface area contributed by atoms with Crippen molar-refractivity contribution in [1.29, 1.82) is 0 Å². The van der Waals surface area contributed by atoms with Gasteiger partial charge in [0.2, 0.25) is 5.91 Å². The van der Waals surface area contributed by atoms with Crippen LogP contribution in [0, 0.1) is 0 Å². The Morgan fingerprint density at radius 3 is 2.81 bits per heavy atom. The Morgan fingerprint density at radius 1 is 1.23 bits per heavy atom. The zero-order chi connectivity index (χ0) is 18.4. The molecule has 0 radical (unpaired) electrons. The number of ether oxygens (including phenoxy) is 1. The van der Waals surface area contributed by atoms with E-state index in [2.05, 4.69) is 15.5 Å². The van der Waals surface area contributed by atoms with E-state index < -0.39 is 0 Å². The fourth-order valence-electron chi connectivity index (χ4n) is 2.49. The minimum atomic E-state index is -0.153. The van der Waals surface area contributed by atoms with Gasteiger partial charge in [-0.2, -0.15) is 5.10 Å². The number of nitrogens with one attached hydrogen (secondary N) is 1. The lowest BCUT2D eigenvalue weighted by atomic mass is 10.1. The molecule has 1 amide bonds. The molecule has 6 heteroatoms. The highest BCUT2D eigenvalue weighted by molar-refractivity contribution is 6.32. The number of aromatic nitrogens is 1. The summed E-state index contributed by atoms with van der Waals surface area (Å²) in [6.07, 6.45) is 2.53. The predicted octanol–water partition coefficient (Wildman–Crippen LogP) is 3.98. The van der Waals surface area contributed by atoms with Gasteiger partial charge in [-0.3, -0.25) is 4.79 Å². The topological polar surface area (TPSA) is 63.6 Å². The van der Waals surface area contributed by atoms with Crippen LogP contribution < -0.4 is 10.2 Å². The van der Waals surface area contributed by atoms with Crippen molar-refractivity contribution in [3.05, 3.63) is 70.9 Å². The van der Waals surface area contributed by atoms with Crippen molar-refractivity contribution in [3.63, 3.8) is 0 Å². The fraction of sp³-hybridized carbons (Fsp3) is 0.150. The lowest BCUT2D eigenvalue weighted by Crippen LogP contribution is -2.17. The number of nitrogens with zero attached hydrogens (tertiary/aromatic N) is 2. The first-order chi connectivity index (χ1) is 12.7. The van der Waals surface area contributed by atoms with Crippen LogP contribution in [0.2, 0.25) is 5.15 Å². The summed E-state index contributed by atoms with van der Waals surface area (Å²) >= 11 is 6.20. The summed E-state index contributed by atoms with van der Waals surface area (Å²) in [5.41, 5.74) is 5.00. The normalized spacial score (nSPS) is 11.0. The lowest BCUT2D eigenvalue weighted by Gasteiger charge is -2.05. The number of amides is 1. The van der Waals surface area contributed by atoms with E-state index in [1.54, 1.807) is 7.11 Å². The third-order valence-electron chi connectivity index (χ3n) is 3.88. The molecule has 2 aromatic carbocycles. The highest BCUT2D eigenvalue weighted by Gasteiger charge is 2.05. The van der Waals surface area contributed by atoms with E-state index in [1.165, 1.54) is 6.21 Å². The van der Waals surface area contributed by atoms with E-state index in [0.717, 1.165) is 16.5 Å². The molecule has 0 aliphatic rings. The van der Waals surface area contributed by atoms with Crippen LogP contribution >= 0.6 is 11.6 Å². The zero-order valence-corrected chi connectivity index (χ0v) is 15.0. The van der Waals surface area contributed by atoms with E-state index in [1.807, 2.05) is 54.6 Å². The van der Waals surface area contributed by atoms with Crippen molar-refractivity contribution < 1.29 is 9.53 Å². The summed E-state index contributed by atoms with van der Waals surface area (Å²) in [5, 5.41) is 5.20. The minimum absolute atomic E-state index is 0.153. The van der Waals surface area contributed by atoms with Crippen molar-refractivity contribution in [2.24, 2.45) is 5.10 Å². The van der Waals surface area contributed by atoms with Crippen molar-refractivity contribution >= 4 is 34.6 Å². The molecule has 26 heavy (non-hydrogen) atoms. The first-order valence-corrected chi connectivity index (χ1v) is 8.53. The Hall–Kier alpha value is -2.92. The maximum absolute atomic E-state index is 11.9. The van der Waals surface area contributed by atoms with E-state index in [0.29, 0.717) is 29.3 Å². The number of pyridine rings is 1. The summed E-state index contributed by atoms with van der Waals surface area (Å²) < 4.78 is 5.18. The molecule has 1 aromatic heterocycles. The van der Waals surface area contributed by atoms with Gasteiger partial charge in [-0.05, 0) is 30.2 Å². The second-order valence-electron chi connectivity index (χ2n) is 5.71. The van der Waals surface area contributed by atoms with Crippen molar-refractivity contribution in [2.75, 3.05) is 7.11 Å². The summed E-state index contributed by atoms with van der Waals surface area (Å²) in [6, 6.07) is 17.3. The van der Waals surface area contributed by atoms with E-state index in [-0.39, 0.29) is 5.91 Å². The van der Waals surface area contributed by atoms with Crippen LogP contribution in [0.3, 0.4) is 0 Å². The second-order valence-corrected chi connectivity index (χ2v) is 6.06. The molecule has 0 saturated heterocycles. The van der Waals surface area contributed by atoms with Crippen LogP contribution in [0.25, 0.3) is 10.9 Å². The SMILES string of the molecule is COc1ccc2cc(/C=N\NC(=O)CCc3ccccc3)c(Cl)nc2c1. The van der Waals surface area contributed by atoms with E-state index in [9.17, 15) is 4.79 Å². The second kappa shape index (κ2) is 8.45. The van der Waals surface area contributed by atoms with Crippen LogP contribution in [0.4, 0.5) is 0 Å². The first-order valence-electron chi connectivity index (χ1n) is 8.16. The molecule has 0 fully saturated rings. The maximum Gasteiger partial charge on any atom is 0.240 e. The quantitative estimate of drug-likeness (QED) is 0.407. The van der Waals surface area contributed by atoms with Crippen LogP contribution in [0.1, 0.15) is 17.5 Å². The monoisotopic (exact) mass is 367 g/mol. The zero-order valence-electron chi connectivity index (χ0n) is 14.3. The van der Waals surface area contributed by atoms with Crippen LogP contribution in [-0.4, -0.2) is 24.2 Å². The third kappa shape index (κ3) is 4.58. The number of rotatable bonds is 6. The van der Waals surface area contributed by atoms with Gasteiger partial charge in [0.1, 0.15) is 10.9 Å². The molecule has 0 saturated carbocycles. The molecule has 1 heterocycles. The summed E-state index contributed by atoms with van der Waals surface area (Å²) in [5.74, 6) is 0.563. The number of hydrogen-bond acceptors (Lipinski definition) is 4. The average molecular weight is 368 g/mol. The summed E-state index contributed by atoms with van der Waals surface area (Å²) in [6.45, 7) is 0. The average Bonchev–Trinajstić information content (AvgIpc) is 2.67. The fourth-order valence-corrected chi connectivity index (χ4v) is 2.68. The number of carbonyl (C=O) groups is 1. The Labute approximate surface area is 156 Å². The molecule has 0 bridgehead atoms. The standard InChI is InChI=1S/C20H18ClN3O2/c1-26-17-9-8-15-11-16(20(21)23-18(15)12-17)13-22-24-19(25)10-7-14-5-3-2-4-6-14/h2-6,8-9,11-13H,7,10H2,1H3,(H,24,25)/b22-13-. The Balaban J connectivity index is 1.62. The van der Waals surface area contributed by atoms with Crippen LogP contribution in [0.15, 0.2) is 59.7 Å². The van der Waals surface area contributed by atoms with Gasteiger partial charge in [-0.1, -0.05) is 41.9 Å². The molecule has 132 valence electrons. The highest BCUT2D eigenvalue weighted by Crippen LogP contribution is 2.23. The van der Waals surface area contributed by atoms with E-state index >= 15 is 0 Å². The molecular formula is C20H18ClN3O2. The smallest absolute Gasteiger partial charge is 0.240 e. The first kappa shape index (κ1) is 17.9. The van der Waals surface area contributed by atoms with Crippen molar-refractivity contribution in [3.8, 4) is 5.75 Å². The van der Waals surface area contributed by atoms with Crippen molar-refractivity contribution in [2.45, 2.75) is 12.8 Å². The number of benzene rings is 2. The lowest BCUT2D eigenvalue weighted by molar-refractivity contribution is -0.121. The summed E-state index contributed by atoms with van der Waals surface area (Å²) in [4.78, 5) is 16.2. The number of methoxy groups -OCH3 is 1. The Bertz CT molecular complexity index is 942. The summed E-state index contributed by atoms with van der Waals surface area (Å²) in [7, 11) is 1.60. The van der Waals surface area contributed by atoms with Gasteiger partial charge in [0.15, 0.2) is 0 Å². The molecule has 0 atom stereocenters.